The SMILES string of the molecule is COc1cc([N+](=O)[O-])ccc1NC(=O)C[C@H]1CCS(=O)(=O)C1. The molecule has 0 spiro atoms. The number of nitrogens with one attached hydrogen (secondary N) is 1. The first-order chi connectivity index (χ1) is 10.3. The van der Waals surface area contributed by atoms with Crippen LogP contribution in [0, 0.1) is 16.0 Å². The third kappa shape index (κ3) is 3.94. The fraction of sp³-hybridized carbons (Fsp3) is 0.462. The van der Waals surface area contributed by atoms with Gasteiger partial charge in [0.1, 0.15) is 5.75 Å². The molecule has 120 valence electrons. The highest BCUT2D eigenvalue weighted by Crippen LogP contribution is 2.30. The molecular formula is C13H16N2O6S. The Morgan fingerprint density at radius 3 is 2.77 bits per heavy atom. The molecule has 2 rings (SSSR count). The largest absolute Gasteiger partial charge is 0.494 e. The van der Waals surface area contributed by atoms with Crippen molar-refractivity contribution in [1.29, 1.82) is 0 Å². The molecule has 1 N–H and O–H groups in total. The van der Waals surface area contributed by atoms with E-state index in [0.717, 1.165) is 0 Å². The molecule has 1 amide bonds. The maximum absolute atomic E-state index is 12.0. The van der Waals surface area contributed by atoms with E-state index < -0.39 is 14.8 Å². The maximum Gasteiger partial charge on any atom is 0.273 e. The van der Waals surface area contributed by atoms with Crippen LogP contribution in [0.25, 0.3) is 0 Å². The summed E-state index contributed by atoms with van der Waals surface area (Å²) in [4.78, 5) is 22.1. The van der Waals surface area contributed by atoms with Gasteiger partial charge < -0.3 is 10.1 Å². The summed E-state index contributed by atoms with van der Waals surface area (Å²) in [5.41, 5.74) is 0.177. The molecule has 22 heavy (non-hydrogen) atoms. The highest BCUT2D eigenvalue weighted by Gasteiger charge is 2.29. The topological polar surface area (TPSA) is 116 Å². The van der Waals surface area contributed by atoms with Gasteiger partial charge in [0, 0.05) is 12.5 Å². The van der Waals surface area contributed by atoms with Gasteiger partial charge >= 0.3 is 0 Å². The normalized spacial score (nSPS) is 19.6. The number of hydrogen-bond acceptors (Lipinski definition) is 6. The second-order valence-corrected chi connectivity index (χ2v) is 7.39. The molecule has 9 heteroatoms. The summed E-state index contributed by atoms with van der Waals surface area (Å²) in [5.74, 6) is -0.200. The minimum absolute atomic E-state index is 0.0256. The number of amides is 1. The van der Waals surface area contributed by atoms with E-state index in [-0.39, 0.29) is 41.2 Å². The van der Waals surface area contributed by atoms with Gasteiger partial charge in [0.15, 0.2) is 9.84 Å². The van der Waals surface area contributed by atoms with E-state index in [0.29, 0.717) is 12.1 Å². The van der Waals surface area contributed by atoms with Crippen molar-refractivity contribution in [3.8, 4) is 5.75 Å². The van der Waals surface area contributed by atoms with Crippen LogP contribution < -0.4 is 10.1 Å². The van der Waals surface area contributed by atoms with E-state index >= 15 is 0 Å². The zero-order chi connectivity index (χ0) is 16.3. The Kier molecular flexibility index (Phi) is 4.65. The van der Waals surface area contributed by atoms with Gasteiger partial charge in [0.05, 0.1) is 35.3 Å². The van der Waals surface area contributed by atoms with Crippen molar-refractivity contribution < 1.29 is 22.9 Å². The van der Waals surface area contributed by atoms with Gasteiger partial charge in [0.25, 0.3) is 5.69 Å². The van der Waals surface area contributed by atoms with Gasteiger partial charge in [-0.1, -0.05) is 0 Å². The average Bonchev–Trinajstić information content (AvgIpc) is 2.77. The number of benzene rings is 1. The monoisotopic (exact) mass is 328 g/mol. The van der Waals surface area contributed by atoms with Crippen LogP contribution in [-0.4, -0.2) is 37.9 Å². The van der Waals surface area contributed by atoms with Crippen molar-refractivity contribution in [2.45, 2.75) is 12.8 Å². The summed E-state index contributed by atoms with van der Waals surface area (Å²) in [7, 11) is -1.68. The van der Waals surface area contributed by atoms with Gasteiger partial charge in [-0.25, -0.2) is 8.42 Å². The number of nitrogens with zero attached hydrogens (tertiary/aromatic N) is 1. The molecule has 1 aromatic carbocycles. The van der Waals surface area contributed by atoms with Crippen molar-refractivity contribution in [3.05, 3.63) is 28.3 Å². The van der Waals surface area contributed by atoms with Gasteiger partial charge in [-0.2, -0.15) is 0 Å². The highest BCUT2D eigenvalue weighted by atomic mass is 32.2. The molecule has 0 unspecified atom stereocenters. The maximum atomic E-state index is 12.0. The lowest BCUT2D eigenvalue weighted by atomic mass is 10.0. The van der Waals surface area contributed by atoms with E-state index in [4.69, 9.17) is 4.74 Å². The van der Waals surface area contributed by atoms with E-state index in [9.17, 15) is 23.3 Å². The van der Waals surface area contributed by atoms with Crippen LogP contribution >= 0.6 is 0 Å². The number of anilines is 1. The number of hydrogen-bond donors (Lipinski definition) is 1. The van der Waals surface area contributed by atoms with Crippen molar-refractivity contribution in [2.24, 2.45) is 5.92 Å². The van der Waals surface area contributed by atoms with E-state index in [1.807, 2.05) is 0 Å². The Morgan fingerprint density at radius 1 is 1.50 bits per heavy atom. The standard InChI is InChI=1S/C13H16N2O6S/c1-21-12-7-10(15(17)18)2-3-11(12)14-13(16)6-9-4-5-22(19,20)8-9/h2-3,7,9H,4-6,8H2,1H3,(H,14,16)/t9-/m1/s1. The first kappa shape index (κ1) is 16.2. The number of carbonyl (C=O) groups is 1. The van der Waals surface area contributed by atoms with Crippen LogP contribution in [0.5, 0.6) is 5.75 Å². The average molecular weight is 328 g/mol. The molecule has 1 fully saturated rings. The van der Waals surface area contributed by atoms with Crippen LogP contribution in [0.1, 0.15) is 12.8 Å². The Morgan fingerprint density at radius 2 is 2.23 bits per heavy atom. The molecule has 8 nitrogen and oxygen atoms in total. The Bertz CT molecular complexity index is 700. The fourth-order valence-electron chi connectivity index (χ4n) is 2.39. The lowest BCUT2D eigenvalue weighted by Gasteiger charge is -2.11. The van der Waals surface area contributed by atoms with Gasteiger partial charge in [-0.3, -0.25) is 14.9 Å². The van der Waals surface area contributed by atoms with Gasteiger partial charge in [-0.15, -0.1) is 0 Å². The first-order valence-electron chi connectivity index (χ1n) is 6.63. The Balaban J connectivity index is 2.04. The number of non-ortho nitro benzene ring substituents is 1. The molecule has 0 bridgehead atoms. The van der Waals surface area contributed by atoms with Gasteiger partial charge in [0.2, 0.25) is 5.91 Å². The molecule has 1 atom stereocenters. The second-order valence-electron chi connectivity index (χ2n) is 5.16. The molecule has 1 heterocycles. The van der Waals surface area contributed by atoms with Crippen molar-refractivity contribution in [3.63, 3.8) is 0 Å². The van der Waals surface area contributed by atoms with Gasteiger partial charge in [-0.05, 0) is 18.4 Å². The number of nitro benzene ring substituents is 1. The highest BCUT2D eigenvalue weighted by molar-refractivity contribution is 7.91. The number of sulfone groups is 1. The van der Waals surface area contributed by atoms with Crippen LogP contribution in [0.15, 0.2) is 18.2 Å². The molecule has 1 saturated heterocycles. The molecule has 0 aromatic heterocycles. The van der Waals surface area contributed by atoms with Crippen molar-refractivity contribution in [2.75, 3.05) is 23.9 Å². The molecule has 0 aliphatic carbocycles. The lowest BCUT2D eigenvalue weighted by Crippen LogP contribution is -2.17. The summed E-state index contributed by atoms with van der Waals surface area (Å²) >= 11 is 0. The number of carbonyl (C=O) groups excluding carboxylic acids is 1. The molecule has 1 aliphatic rings. The number of methoxy groups -OCH3 is 1. The second kappa shape index (κ2) is 6.30. The molecular weight excluding hydrogens is 312 g/mol. The summed E-state index contributed by atoms with van der Waals surface area (Å²) in [6, 6.07) is 3.87. The van der Waals surface area contributed by atoms with E-state index in [2.05, 4.69) is 5.32 Å². The summed E-state index contributed by atoms with van der Waals surface area (Å²) in [6.07, 6.45) is 0.576. The predicted molar refractivity (Wildman–Crippen MR) is 79.7 cm³/mol. The van der Waals surface area contributed by atoms with Crippen LogP contribution in [0.2, 0.25) is 0 Å². The third-order valence-electron chi connectivity index (χ3n) is 3.47. The number of rotatable bonds is 5. The molecule has 0 saturated carbocycles. The number of nitro groups is 1. The summed E-state index contributed by atoms with van der Waals surface area (Å²) in [5, 5.41) is 13.3. The zero-order valence-corrected chi connectivity index (χ0v) is 12.8. The van der Waals surface area contributed by atoms with Crippen LogP contribution in [-0.2, 0) is 14.6 Å². The van der Waals surface area contributed by atoms with Crippen molar-refractivity contribution in [1.82, 2.24) is 0 Å². The first-order valence-corrected chi connectivity index (χ1v) is 8.45. The number of ether oxygens (including phenoxy) is 1. The predicted octanol–water partition coefficient (Wildman–Crippen LogP) is 1.37. The quantitative estimate of drug-likeness (QED) is 0.644. The van der Waals surface area contributed by atoms with Crippen LogP contribution in [0.3, 0.4) is 0 Å². The smallest absolute Gasteiger partial charge is 0.273 e. The van der Waals surface area contributed by atoms with E-state index in [1.165, 1.54) is 25.3 Å². The minimum atomic E-state index is -3.02. The van der Waals surface area contributed by atoms with Crippen LogP contribution in [0.4, 0.5) is 11.4 Å². The van der Waals surface area contributed by atoms with E-state index in [1.54, 1.807) is 0 Å². The summed E-state index contributed by atoms with van der Waals surface area (Å²) < 4.78 is 27.8. The molecule has 0 radical (unpaired) electrons. The Labute approximate surface area is 127 Å². The molecule has 1 aromatic rings. The third-order valence-corrected chi connectivity index (χ3v) is 5.31. The minimum Gasteiger partial charge on any atom is -0.494 e. The van der Waals surface area contributed by atoms with Crippen molar-refractivity contribution >= 4 is 27.1 Å². The Hall–Kier alpha value is -2.16. The zero-order valence-electron chi connectivity index (χ0n) is 11.9. The fourth-order valence-corrected chi connectivity index (χ4v) is 4.26. The summed E-state index contributed by atoms with van der Waals surface area (Å²) in [6.45, 7) is 0. The molecule has 1 aliphatic heterocycles. The lowest BCUT2D eigenvalue weighted by molar-refractivity contribution is -0.384.